The van der Waals surface area contributed by atoms with Crippen LogP contribution in [0.15, 0.2) is 0 Å². The first-order valence-corrected chi connectivity index (χ1v) is 2.34. The van der Waals surface area contributed by atoms with E-state index in [0.717, 1.165) is 6.54 Å². The Balaban J connectivity index is 2.68. The molecule has 0 aliphatic rings. The first kappa shape index (κ1) is 6.92. The van der Waals surface area contributed by atoms with Gasteiger partial charge >= 0.3 is 0 Å². The second-order valence-electron chi connectivity index (χ2n) is 1.73. The highest BCUT2D eigenvalue weighted by atomic mass is 16.3. The molecule has 0 aromatic rings. The van der Waals surface area contributed by atoms with Crippen LogP contribution in [0.3, 0.4) is 0 Å². The molecule has 0 amide bonds. The molecule has 0 rings (SSSR count). The third kappa shape index (κ3) is 5.92. The summed E-state index contributed by atoms with van der Waals surface area (Å²) in [7, 11) is 3.93. The summed E-state index contributed by atoms with van der Waals surface area (Å²) in [6.07, 6.45) is 1.81. The molecule has 0 aliphatic carbocycles. The van der Waals surface area contributed by atoms with E-state index in [0.29, 0.717) is 0 Å². The van der Waals surface area contributed by atoms with Crippen LogP contribution in [0.2, 0.25) is 0 Å². The van der Waals surface area contributed by atoms with Crippen LogP contribution in [0.25, 0.3) is 0 Å². The van der Waals surface area contributed by atoms with Gasteiger partial charge in [0.05, 0.1) is 0 Å². The Labute approximate surface area is 44.8 Å². The minimum absolute atomic E-state index is 0.179. The number of rotatable bonds is 3. The maximum absolute atomic E-state index is 8.23. The summed E-state index contributed by atoms with van der Waals surface area (Å²) < 4.78 is 0. The predicted octanol–water partition coefficient (Wildman–Crippen LogP) is -0.255. The summed E-state index contributed by atoms with van der Waals surface area (Å²) in [6.45, 7) is 1.04. The molecular weight excluding hydrogens is 90.1 g/mol. The lowest BCUT2D eigenvalue weighted by atomic mass is 10.4. The zero-order valence-corrected chi connectivity index (χ0v) is 4.89. The Morgan fingerprint density at radius 1 is 1.57 bits per heavy atom. The molecule has 0 aromatic heterocycles. The van der Waals surface area contributed by atoms with E-state index in [-0.39, 0.29) is 6.61 Å². The highest BCUT2D eigenvalue weighted by molar-refractivity contribution is 4.63. The van der Waals surface area contributed by atoms with Crippen molar-refractivity contribution in [2.24, 2.45) is 0 Å². The summed E-state index contributed by atoms with van der Waals surface area (Å²) >= 11 is 0. The number of nitrogens with zero attached hydrogens (tertiary/aromatic N) is 1. The first-order chi connectivity index (χ1) is 3.27. The third-order valence-electron chi connectivity index (χ3n) is 0.623. The average molecular weight is 102 g/mol. The third-order valence-corrected chi connectivity index (χ3v) is 0.623. The van der Waals surface area contributed by atoms with Gasteiger partial charge in [-0.1, -0.05) is 0 Å². The van der Waals surface area contributed by atoms with E-state index >= 15 is 0 Å². The van der Waals surface area contributed by atoms with Gasteiger partial charge in [0, 0.05) is 19.6 Å². The van der Waals surface area contributed by atoms with Crippen molar-refractivity contribution in [2.75, 3.05) is 27.2 Å². The predicted molar refractivity (Wildman–Crippen MR) is 29.9 cm³/mol. The molecule has 43 valence electrons. The summed E-state index contributed by atoms with van der Waals surface area (Å²) in [6, 6.07) is 0. The summed E-state index contributed by atoms with van der Waals surface area (Å²) in [4.78, 5) is 2.00. The van der Waals surface area contributed by atoms with Crippen LogP contribution in [0.4, 0.5) is 0 Å². The SMILES string of the molecule is CN(C)C[CH]CO. The summed E-state index contributed by atoms with van der Waals surface area (Å²) in [5.74, 6) is 0. The Bertz CT molecular complexity index is 37.1. The second-order valence-corrected chi connectivity index (χ2v) is 1.73. The summed E-state index contributed by atoms with van der Waals surface area (Å²) in [5.41, 5.74) is 0. The molecule has 2 nitrogen and oxygen atoms in total. The van der Waals surface area contributed by atoms with Crippen LogP contribution in [0.5, 0.6) is 0 Å². The molecule has 2 heteroatoms. The molecule has 0 heterocycles. The van der Waals surface area contributed by atoms with Gasteiger partial charge < -0.3 is 10.0 Å². The van der Waals surface area contributed by atoms with Crippen molar-refractivity contribution in [3.63, 3.8) is 0 Å². The van der Waals surface area contributed by atoms with Gasteiger partial charge in [-0.15, -0.1) is 0 Å². The van der Waals surface area contributed by atoms with Crippen molar-refractivity contribution in [3.8, 4) is 0 Å². The average Bonchev–Trinajstić information content (AvgIpc) is 1.61. The van der Waals surface area contributed by atoms with E-state index in [2.05, 4.69) is 0 Å². The van der Waals surface area contributed by atoms with Gasteiger partial charge in [-0.3, -0.25) is 0 Å². The molecule has 7 heavy (non-hydrogen) atoms. The molecule has 1 radical (unpaired) electrons. The number of aliphatic hydroxyl groups is 1. The smallest absolute Gasteiger partial charge is 0.0475 e. The number of aliphatic hydroxyl groups excluding tert-OH is 1. The lowest BCUT2D eigenvalue weighted by Gasteiger charge is -2.05. The highest BCUT2D eigenvalue weighted by Crippen LogP contribution is 1.76. The van der Waals surface area contributed by atoms with Crippen molar-refractivity contribution < 1.29 is 5.11 Å². The molecule has 0 saturated heterocycles. The normalized spacial score (nSPS) is 10.3. The molecule has 0 atom stereocenters. The van der Waals surface area contributed by atoms with E-state index in [1.165, 1.54) is 0 Å². The lowest BCUT2D eigenvalue weighted by Crippen LogP contribution is -2.14. The molecule has 0 aromatic carbocycles. The quantitative estimate of drug-likeness (QED) is 0.531. The van der Waals surface area contributed by atoms with Crippen LogP contribution in [0.1, 0.15) is 0 Å². The van der Waals surface area contributed by atoms with Gasteiger partial charge in [-0.2, -0.15) is 0 Å². The zero-order chi connectivity index (χ0) is 5.70. The Kier molecular flexibility index (Phi) is 4.04. The lowest BCUT2D eigenvalue weighted by molar-refractivity contribution is 0.308. The molecule has 0 unspecified atom stereocenters. The first-order valence-electron chi connectivity index (χ1n) is 2.34. The van der Waals surface area contributed by atoms with Crippen molar-refractivity contribution >= 4 is 0 Å². The van der Waals surface area contributed by atoms with Crippen LogP contribution >= 0.6 is 0 Å². The van der Waals surface area contributed by atoms with E-state index < -0.39 is 0 Å². The van der Waals surface area contributed by atoms with Crippen molar-refractivity contribution in [1.29, 1.82) is 0 Å². The van der Waals surface area contributed by atoms with E-state index in [4.69, 9.17) is 5.11 Å². The van der Waals surface area contributed by atoms with Crippen LogP contribution < -0.4 is 0 Å². The van der Waals surface area contributed by atoms with Gasteiger partial charge in [0.25, 0.3) is 0 Å². The fourth-order valence-electron chi connectivity index (χ4n) is 0.316. The van der Waals surface area contributed by atoms with Crippen LogP contribution in [0, 0.1) is 6.42 Å². The topological polar surface area (TPSA) is 23.5 Å². The van der Waals surface area contributed by atoms with Crippen molar-refractivity contribution in [3.05, 3.63) is 6.42 Å². The van der Waals surface area contributed by atoms with Crippen LogP contribution in [-0.2, 0) is 0 Å². The maximum Gasteiger partial charge on any atom is 0.0475 e. The molecule has 1 N–H and O–H groups in total. The van der Waals surface area contributed by atoms with Gasteiger partial charge in [-0.25, -0.2) is 0 Å². The maximum atomic E-state index is 8.23. The second kappa shape index (κ2) is 4.09. The van der Waals surface area contributed by atoms with Gasteiger partial charge in [-0.05, 0) is 14.1 Å². The largest absolute Gasteiger partial charge is 0.396 e. The van der Waals surface area contributed by atoms with Crippen molar-refractivity contribution in [2.45, 2.75) is 0 Å². The van der Waals surface area contributed by atoms with E-state index in [1.54, 1.807) is 6.42 Å². The Hall–Kier alpha value is -0.0800. The Morgan fingerprint density at radius 3 is 2.29 bits per heavy atom. The monoisotopic (exact) mass is 102 g/mol. The van der Waals surface area contributed by atoms with Gasteiger partial charge in [0.1, 0.15) is 0 Å². The van der Waals surface area contributed by atoms with E-state index in [1.807, 2.05) is 19.0 Å². The molecule has 0 fully saturated rings. The number of hydrogen-bond acceptors (Lipinski definition) is 2. The minimum Gasteiger partial charge on any atom is -0.396 e. The molecule has 0 saturated carbocycles. The van der Waals surface area contributed by atoms with Crippen LogP contribution in [-0.4, -0.2) is 37.3 Å². The van der Waals surface area contributed by atoms with Gasteiger partial charge in [0.15, 0.2) is 0 Å². The number of hydrogen-bond donors (Lipinski definition) is 1. The van der Waals surface area contributed by atoms with E-state index in [9.17, 15) is 0 Å². The molecule has 0 aliphatic heterocycles. The Morgan fingerprint density at radius 2 is 2.14 bits per heavy atom. The fraction of sp³-hybridized carbons (Fsp3) is 0.800. The summed E-state index contributed by atoms with van der Waals surface area (Å²) in [5, 5.41) is 8.23. The molecule has 0 spiro atoms. The molecular formula is C5H12NO. The fourth-order valence-corrected chi connectivity index (χ4v) is 0.316. The highest BCUT2D eigenvalue weighted by Gasteiger charge is 1.85. The zero-order valence-electron chi connectivity index (χ0n) is 4.89. The van der Waals surface area contributed by atoms with Gasteiger partial charge in [0.2, 0.25) is 0 Å². The molecule has 0 bridgehead atoms. The van der Waals surface area contributed by atoms with Crippen molar-refractivity contribution in [1.82, 2.24) is 4.90 Å². The minimum atomic E-state index is 0.179. The standard InChI is InChI=1S/C5H12NO/c1-6(2)4-3-5-7/h3,7H,4-5H2,1-2H3.